The van der Waals surface area contributed by atoms with Gasteiger partial charge in [-0.15, -0.1) is 0 Å². The molecule has 0 aliphatic rings. The van der Waals surface area contributed by atoms with Crippen LogP contribution in [0.25, 0.3) is 0 Å². The summed E-state index contributed by atoms with van der Waals surface area (Å²) in [5, 5.41) is 5.63. The van der Waals surface area contributed by atoms with Crippen molar-refractivity contribution in [3.05, 3.63) is 101 Å². The second-order valence-corrected chi connectivity index (χ2v) is 9.23. The van der Waals surface area contributed by atoms with Crippen molar-refractivity contribution in [2.75, 3.05) is 6.54 Å². The molecule has 3 rings (SSSR count). The number of hydrogen-bond donors (Lipinski definition) is 3. The van der Waals surface area contributed by atoms with Crippen molar-refractivity contribution in [1.29, 1.82) is 0 Å². The van der Waals surface area contributed by atoms with Gasteiger partial charge >= 0.3 is 0 Å². The molecular weight excluding hydrogens is 450 g/mol. The second kappa shape index (κ2) is 13.4. The van der Waals surface area contributed by atoms with E-state index in [2.05, 4.69) is 22.8 Å². The predicted octanol–water partition coefficient (Wildman–Crippen LogP) is 4.01. The molecule has 0 fully saturated rings. The summed E-state index contributed by atoms with van der Waals surface area (Å²) in [5.74, 6) is 0.231. The van der Waals surface area contributed by atoms with E-state index in [-0.39, 0.29) is 11.8 Å². The number of nitrogens with one attached hydrogen (secondary N) is 2. The zero-order valence-electron chi connectivity index (χ0n) is 21.4. The highest BCUT2D eigenvalue weighted by atomic mass is 16.5. The van der Waals surface area contributed by atoms with Gasteiger partial charge in [0.15, 0.2) is 0 Å². The Balaban J connectivity index is 1.45. The molecule has 0 radical (unpaired) electrons. The van der Waals surface area contributed by atoms with Crippen LogP contribution in [0.2, 0.25) is 0 Å². The van der Waals surface area contributed by atoms with Gasteiger partial charge in [-0.1, -0.05) is 60.7 Å². The van der Waals surface area contributed by atoms with Crippen LogP contribution in [0, 0.1) is 13.8 Å². The maximum atomic E-state index is 12.7. The lowest BCUT2D eigenvalue weighted by molar-refractivity contribution is -0.129. The molecule has 0 saturated carbocycles. The monoisotopic (exact) mass is 487 g/mol. The lowest BCUT2D eigenvalue weighted by atomic mass is 9.96. The number of benzene rings is 3. The van der Waals surface area contributed by atoms with Gasteiger partial charge in [0.25, 0.3) is 0 Å². The van der Waals surface area contributed by atoms with Crippen LogP contribution in [0.4, 0.5) is 0 Å². The molecule has 0 aliphatic carbocycles. The zero-order chi connectivity index (χ0) is 25.9. The van der Waals surface area contributed by atoms with E-state index in [1.807, 2.05) is 74.5 Å². The van der Waals surface area contributed by atoms with Crippen molar-refractivity contribution in [3.63, 3.8) is 0 Å². The highest BCUT2D eigenvalue weighted by molar-refractivity contribution is 5.89. The Kier molecular flexibility index (Phi) is 10.1. The average molecular weight is 488 g/mol. The Bertz CT molecular complexity index is 1110. The Hall–Kier alpha value is -3.64. The summed E-state index contributed by atoms with van der Waals surface area (Å²) in [6.45, 7) is 6.71. The van der Waals surface area contributed by atoms with Crippen LogP contribution in [-0.4, -0.2) is 30.4 Å². The third-order valence-corrected chi connectivity index (χ3v) is 6.22. The third-order valence-electron chi connectivity index (χ3n) is 6.22. The minimum atomic E-state index is -0.758. The normalized spacial score (nSPS) is 12.4. The minimum absolute atomic E-state index is 0.212. The standard InChI is InChI=1S/C30H37N3O3/c1-21-17-26(36-20-25-13-8-5-9-14-25)18-22(2)27(21)19-28(31)30(35)33-23(3)29(34)32-16-10-15-24-11-6-4-7-12-24/h4-9,11-14,17-18,23,28H,10,15-16,19-20,31H2,1-3H3,(H,32,34)(H,33,35)/t23-,28-/m1/s1. The number of rotatable bonds is 12. The van der Waals surface area contributed by atoms with Gasteiger partial charge in [0, 0.05) is 6.54 Å². The molecule has 0 bridgehead atoms. The smallest absolute Gasteiger partial charge is 0.242 e. The van der Waals surface area contributed by atoms with Crippen molar-refractivity contribution >= 4 is 11.8 Å². The fourth-order valence-electron chi connectivity index (χ4n) is 4.10. The quantitative estimate of drug-likeness (QED) is 0.337. The van der Waals surface area contributed by atoms with Gasteiger partial charge in [-0.25, -0.2) is 0 Å². The molecule has 3 aromatic rings. The van der Waals surface area contributed by atoms with Gasteiger partial charge in [0.2, 0.25) is 11.8 Å². The van der Waals surface area contributed by atoms with Crippen LogP contribution in [0.5, 0.6) is 5.75 Å². The summed E-state index contributed by atoms with van der Waals surface area (Å²) in [6, 6.07) is 22.7. The Morgan fingerprint density at radius 3 is 2.08 bits per heavy atom. The largest absolute Gasteiger partial charge is 0.489 e. The van der Waals surface area contributed by atoms with E-state index in [1.165, 1.54) is 5.56 Å². The molecule has 0 aromatic heterocycles. The minimum Gasteiger partial charge on any atom is -0.489 e. The number of hydrogen-bond acceptors (Lipinski definition) is 4. The van der Waals surface area contributed by atoms with E-state index >= 15 is 0 Å². The Morgan fingerprint density at radius 1 is 0.889 bits per heavy atom. The molecular formula is C30H37N3O3. The number of carbonyl (C=O) groups excluding carboxylic acids is 2. The number of aryl methyl sites for hydroxylation is 3. The molecule has 2 amide bonds. The number of amides is 2. The second-order valence-electron chi connectivity index (χ2n) is 9.23. The summed E-state index contributed by atoms with van der Waals surface area (Å²) in [7, 11) is 0. The van der Waals surface area contributed by atoms with Gasteiger partial charge < -0.3 is 21.1 Å². The van der Waals surface area contributed by atoms with Gasteiger partial charge in [0.1, 0.15) is 18.4 Å². The summed E-state index contributed by atoms with van der Waals surface area (Å²) < 4.78 is 5.95. The molecule has 0 heterocycles. The van der Waals surface area contributed by atoms with Crippen molar-refractivity contribution < 1.29 is 14.3 Å². The molecule has 190 valence electrons. The van der Waals surface area contributed by atoms with Gasteiger partial charge in [0.05, 0.1) is 6.04 Å². The first-order valence-corrected chi connectivity index (χ1v) is 12.5. The fourth-order valence-corrected chi connectivity index (χ4v) is 4.10. The summed E-state index contributed by atoms with van der Waals surface area (Å²) in [4.78, 5) is 25.1. The number of nitrogens with two attached hydrogens (primary N) is 1. The molecule has 2 atom stereocenters. The average Bonchev–Trinajstić information content (AvgIpc) is 2.88. The van der Waals surface area contributed by atoms with Gasteiger partial charge in [-0.2, -0.15) is 0 Å². The molecule has 0 saturated heterocycles. The van der Waals surface area contributed by atoms with E-state index in [0.717, 1.165) is 40.8 Å². The van der Waals surface area contributed by atoms with Crippen molar-refractivity contribution in [2.24, 2.45) is 5.73 Å². The van der Waals surface area contributed by atoms with Gasteiger partial charge in [-0.3, -0.25) is 9.59 Å². The molecule has 6 heteroatoms. The fraction of sp³-hybridized carbons (Fsp3) is 0.333. The lowest BCUT2D eigenvalue weighted by Crippen LogP contribution is -2.51. The van der Waals surface area contributed by atoms with Crippen LogP contribution >= 0.6 is 0 Å². The molecule has 0 unspecified atom stereocenters. The molecule has 0 aliphatic heterocycles. The maximum Gasteiger partial charge on any atom is 0.242 e. The van der Waals surface area contributed by atoms with Crippen LogP contribution in [0.15, 0.2) is 72.8 Å². The number of carbonyl (C=O) groups is 2. The Labute approximate surface area is 214 Å². The first-order valence-electron chi connectivity index (χ1n) is 12.5. The maximum absolute atomic E-state index is 12.7. The first kappa shape index (κ1) is 27.0. The summed E-state index contributed by atoms with van der Waals surface area (Å²) >= 11 is 0. The van der Waals surface area contributed by atoms with Gasteiger partial charge in [-0.05, 0) is 80.0 Å². The van der Waals surface area contributed by atoms with Crippen molar-refractivity contribution in [3.8, 4) is 5.75 Å². The van der Waals surface area contributed by atoms with E-state index in [0.29, 0.717) is 19.6 Å². The third kappa shape index (κ3) is 8.24. The molecule has 3 aromatic carbocycles. The van der Waals surface area contributed by atoms with Crippen molar-refractivity contribution in [1.82, 2.24) is 10.6 Å². The van der Waals surface area contributed by atoms with E-state index in [4.69, 9.17) is 10.5 Å². The highest BCUT2D eigenvalue weighted by Gasteiger charge is 2.21. The molecule has 0 spiro atoms. The Morgan fingerprint density at radius 2 is 1.47 bits per heavy atom. The summed E-state index contributed by atoms with van der Waals surface area (Å²) in [6.07, 6.45) is 2.11. The van der Waals surface area contributed by atoms with Crippen LogP contribution in [0.1, 0.15) is 41.2 Å². The van der Waals surface area contributed by atoms with Crippen LogP contribution in [-0.2, 0) is 29.0 Å². The highest BCUT2D eigenvalue weighted by Crippen LogP contribution is 2.24. The summed E-state index contributed by atoms with van der Waals surface area (Å²) in [5.41, 5.74) is 11.6. The van der Waals surface area contributed by atoms with Crippen LogP contribution < -0.4 is 21.1 Å². The van der Waals surface area contributed by atoms with Crippen molar-refractivity contribution in [2.45, 2.75) is 58.7 Å². The lowest BCUT2D eigenvalue weighted by Gasteiger charge is -2.19. The van der Waals surface area contributed by atoms with E-state index in [1.54, 1.807) is 6.92 Å². The predicted molar refractivity (Wildman–Crippen MR) is 144 cm³/mol. The number of ether oxygens (including phenoxy) is 1. The molecule has 6 nitrogen and oxygen atoms in total. The topological polar surface area (TPSA) is 93.4 Å². The zero-order valence-corrected chi connectivity index (χ0v) is 21.4. The molecule has 36 heavy (non-hydrogen) atoms. The SMILES string of the molecule is Cc1cc(OCc2ccccc2)cc(C)c1C[C@@H](N)C(=O)N[C@H](C)C(=O)NCCCc1ccccc1. The first-order chi connectivity index (χ1) is 17.3. The van der Waals surface area contributed by atoms with E-state index < -0.39 is 12.1 Å². The van der Waals surface area contributed by atoms with Crippen LogP contribution in [0.3, 0.4) is 0 Å². The molecule has 4 N–H and O–H groups in total. The van der Waals surface area contributed by atoms with E-state index in [9.17, 15) is 9.59 Å².